The van der Waals surface area contributed by atoms with Gasteiger partial charge in [0.1, 0.15) is 0 Å². The number of nitrogens with one attached hydrogen (secondary N) is 2. The standard InChI is InChI=1S/C24H30N4O3S/c1-17(2)20-10-12-22(13-11-20)32(30,31)26-15-14-24(29)25-16-23-18(3)27-28(19(23)4)21-8-6-5-7-9-21/h5-13,17,26H,14-16H2,1-4H3,(H,25,29). The number of hydrogen-bond donors (Lipinski definition) is 2. The number of carbonyl (C=O) groups excluding carboxylic acids is 1. The molecule has 0 aliphatic carbocycles. The molecule has 3 rings (SSSR count). The Kier molecular flexibility index (Phi) is 7.48. The Morgan fingerprint density at radius 1 is 1.03 bits per heavy atom. The molecule has 0 aliphatic rings. The van der Waals surface area contributed by atoms with Crippen LogP contribution >= 0.6 is 0 Å². The second kappa shape index (κ2) is 10.1. The lowest BCUT2D eigenvalue weighted by Gasteiger charge is -2.10. The van der Waals surface area contributed by atoms with Gasteiger partial charge in [-0.2, -0.15) is 5.10 Å². The summed E-state index contributed by atoms with van der Waals surface area (Å²) in [4.78, 5) is 12.5. The van der Waals surface area contributed by atoms with Gasteiger partial charge < -0.3 is 5.32 Å². The highest BCUT2D eigenvalue weighted by atomic mass is 32.2. The van der Waals surface area contributed by atoms with E-state index in [-0.39, 0.29) is 23.8 Å². The first-order valence-corrected chi connectivity index (χ1v) is 12.1. The van der Waals surface area contributed by atoms with Crippen LogP contribution in [0.5, 0.6) is 0 Å². The number of aryl methyl sites for hydroxylation is 1. The molecule has 0 atom stereocenters. The molecule has 7 nitrogen and oxygen atoms in total. The van der Waals surface area contributed by atoms with E-state index in [4.69, 9.17) is 0 Å². The third-order valence-corrected chi connectivity index (χ3v) is 6.88. The van der Waals surface area contributed by atoms with Crippen molar-refractivity contribution in [1.82, 2.24) is 19.8 Å². The smallest absolute Gasteiger partial charge is 0.240 e. The van der Waals surface area contributed by atoms with Gasteiger partial charge in [0, 0.05) is 30.8 Å². The summed E-state index contributed by atoms with van der Waals surface area (Å²) in [5.74, 6) is 0.101. The molecule has 0 radical (unpaired) electrons. The summed E-state index contributed by atoms with van der Waals surface area (Å²) in [6.45, 7) is 8.35. The third-order valence-electron chi connectivity index (χ3n) is 5.41. The fraction of sp³-hybridized carbons (Fsp3) is 0.333. The monoisotopic (exact) mass is 454 g/mol. The highest BCUT2D eigenvalue weighted by molar-refractivity contribution is 7.89. The number of benzene rings is 2. The van der Waals surface area contributed by atoms with Crippen molar-refractivity contribution in [3.8, 4) is 5.69 Å². The highest BCUT2D eigenvalue weighted by Crippen LogP contribution is 2.18. The van der Waals surface area contributed by atoms with Gasteiger partial charge in [0.15, 0.2) is 0 Å². The van der Waals surface area contributed by atoms with E-state index in [1.807, 2.05) is 61.0 Å². The lowest BCUT2D eigenvalue weighted by Crippen LogP contribution is -2.30. The lowest BCUT2D eigenvalue weighted by molar-refractivity contribution is -0.121. The van der Waals surface area contributed by atoms with Crippen molar-refractivity contribution in [2.75, 3.05) is 6.54 Å². The number of nitrogens with zero attached hydrogens (tertiary/aromatic N) is 2. The molecule has 3 aromatic rings. The van der Waals surface area contributed by atoms with Crippen LogP contribution in [0.25, 0.3) is 5.69 Å². The minimum Gasteiger partial charge on any atom is -0.352 e. The molecule has 0 saturated carbocycles. The molecule has 8 heteroatoms. The fourth-order valence-corrected chi connectivity index (χ4v) is 4.47. The van der Waals surface area contributed by atoms with Crippen LogP contribution in [0, 0.1) is 13.8 Å². The molecule has 1 heterocycles. The Bertz CT molecular complexity index is 1170. The summed E-state index contributed by atoms with van der Waals surface area (Å²) >= 11 is 0. The number of amides is 1. The summed E-state index contributed by atoms with van der Waals surface area (Å²) in [7, 11) is -3.65. The number of para-hydroxylation sites is 1. The first-order chi connectivity index (χ1) is 15.2. The molecule has 1 amide bonds. The molecule has 0 aliphatic heterocycles. The maximum absolute atomic E-state index is 12.4. The third kappa shape index (κ3) is 5.63. The summed E-state index contributed by atoms with van der Waals surface area (Å²) in [5, 5.41) is 7.44. The highest BCUT2D eigenvalue weighted by Gasteiger charge is 2.16. The average molecular weight is 455 g/mol. The van der Waals surface area contributed by atoms with Crippen LogP contribution < -0.4 is 10.0 Å². The van der Waals surface area contributed by atoms with Gasteiger partial charge in [-0.25, -0.2) is 17.8 Å². The van der Waals surface area contributed by atoms with Crippen LogP contribution in [0.15, 0.2) is 59.5 Å². The maximum atomic E-state index is 12.4. The topological polar surface area (TPSA) is 93.1 Å². The van der Waals surface area contributed by atoms with Crippen LogP contribution in [0.1, 0.15) is 48.7 Å². The SMILES string of the molecule is Cc1nn(-c2ccccc2)c(C)c1CNC(=O)CCNS(=O)(=O)c1ccc(C(C)C)cc1. The summed E-state index contributed by atoms with van der Waals surface area (Å²) < 4.78 is 29.2. The molecule has 32 heavy (non-hydrogen) atoms. The van der Waals surface area contributed by atoms with E-state index in [1.54, 1.807) is 12.1 Å². The molecule has 170 valence electrons. The van der Waals surface area contributed by atoms with E-state index in [9.17, 15) is 13.2 Å². The predicted molar refractivity (Wildman–Crippen MR) is 125 cm³/mol. The van der Waals surface area contributed by atoms with Gasteiger partial charge >= 0.3 is 0 Å². The normalized spacial score (nSPS) is 11.7. The van der Waals surface area contributed by atoms with Crippen LogP contribution in [0.3, 0.4) is 0 Å². The minimum atomic E-state index is -3.65. The predicted octanol–water partition coefficient (Wildman–Crippen LogP) is 3.60. The molecule has 0 bridgehead atoms. The molecule has 2 N–H and O–H groups in total. The Morgan fingerprint density at radius 2 is 1.69 bits per heavy atom. The first kappa shape index (κ1) is 23.7. The van der Waals surface area contributed by atoms with Gasteiger partial charge in [-0.05, 0) is 49.6 Å². The van der Waals surface area contributed by atoms with E-state index in [2.05, 4.69) is 29.0 Å². The molecule has 2 aromatic carbocycles. The Hall–Kier alpha value is -2.97. The summed E-state index contributed by atoms with van der Waals surface area (Å²) in [6, 6.07) is 16.6. The van der Waals surface area contributed by atoms with E-state index < -0.39 is 10.0 Å². The average Bonchev–Trinajstić information content (AvgIpc) is 3.06. The molecule has 1 aromatic heterocycles. The number of rotatable bonds is 9. The maximum Gasteiger partial charge on any atom is 0.240 e. The molecular formula is C24H30N4O3S. The van der Waals surface area contributed by atoms with Crippen molar-refractivity contribution in [3.63, 3.8) is 0 Å². The molecule has 0 unspecified atom stereocenters. The second-order valence-electron chi connectivity index (χ2n) is 8.04. The fourth-order valence-electron chi connectivity index (χ4n) is 3.44. The van der Waals surface area contributed by atoms with Gasteiger partial charge in [0.25, 0.3) is 0 Å². The number of aromatic nitrogens is 2. The van der Waals surface area contributed by atoms with Crippen LogP contribution in [0.2, 0.25) is 0 Å². The number of carbonyl (C=O) groups is 1. The number of sulfonamides is 1. The molecular weight excluding hydrogens is 424 g/mol. The lowest BCUT2D eigenvalue weighted by atomic mass is 10.0. The zero-order chi connectivity index (χ0) is 23.3. The van der Waals surface area contributed by atoms with Crippen LogP contribution in [0.4, 0.5) is 0 Å². The van der Waals surface area contributed by atoms with Crippen LogP contribution in [-0.2, 0) is 21.4 Å². The van der Waals surface area contributed by atoms with Crippen molar-refractivity contribution >= 4 is 15.9 Å². The van der Waals surface area contributed by atoms with E-state index in [0.717, 1.165) is 28.2 Å². The van der Waals surface area contributed by atoms with Gasteiger partial charge in [0.2, 0.25) is 15.9 Å². The molecule has 0 fully saturated rings. The number of hydrogen-bond acceptors (Lipinski definition) is 4. The van der Waals surface area contributed by atoms with Gasteiger partial charge in [0.05, 0.1) is 16.3 Å². The zero-order valence-corrected chi connectivity index (χ0v) is 19.7. The Balaban J connectivity index is 1.53. The van der Waals surface area contributed by atoms with Gasteiger partial charge in [-0.15, -0.1) is 0 Å². The van der Waals surface area contributed by atoms with E-state index in [0.29, 0.717) is 12.5 Å². The van der Waals surface area contributed by atoms with Crippen molar-refractivity contribution in [2.24, 2.45) is 0 Å². The first-order valence-electron chi connectivity index (χ1n) is 10.7. The van der Waals surface area contributed by atoms with E-state index >= 15 is 0 Å². The second-order valence-corrected chi connectivity index (χ2v) is 9.81. The summed E-state index contributed by atoms with van der Waals surface area (Å²) in [5.41, 5.74) is 4.79. The Morgan fingerprint density at radius 3 is 2.31 bits per heavy atom. The van der Waals surface area contributed by atoms with Crippen molar-refractivity contribution in [3.05, 3.63) is 77.1 Å². The molecule has 0 spiro atoms. The zero-order valence-electron chi connectivity index (χ0n) is 18.9. The van der Waals surface area contributed by atoms with Crippen molar-refractivity contribution in [2.45, 2.75) is 51.5 Å². The minimum absolute atomic E-state index is 0.0291. The van der Waals surface area contributed by atoms with Crippen molar-refractivity contribution < 1.29 is 13.2 Å². The quantitative estimate of drug-likeness (QED) is 0.517. The largest absolute Gasteiger partial charge is 0.352 e. The molecule has 0 saturated heterocycles. The van der Waals surface area contributed by atoms with E-state index in [1.165, 1.54) is 0 Å². The van der Waals surface area contributed by atoms with Crippen molar-refractivity contribution in [1.29, 1.82) is 0 Å². The summed E-state index contributed by atoms with van der Waals surface area (Å²) in [6.07, 6.45) is 0.0498. The Labute approximate surface area is 189 Å². The van der Waals surface area contributed by atoms with Crippen LogP contribution in [-0.4, -0.2) is 30.7 Å². The van der Waals surface area contributed by atoms with Gasteiger partial charge in [-0.3, -0.25) is 4.79 Å². The van der Waals surface area contributed by atoms with Gasteiger partial charge in [-0.1, -0.05) is 44.2 Å².